The summed E-state index contributed by atoms with van der Waals surface area (Å²) in [6, 6.07) is 5.21. The minimum atomic E-state index is 0.422. The fourth-order valence-electron chi connectivity index (χ4n) is 1.61. The molecule has 0 spiro atoms. The number of rotatable bonds is 4. The second kappa shape index (κ2) is 4.92. The van der Waals surface area contributed by atoms with E-state index < -0.39 is 0 Å². The van der Waals surface area contributed by atoms with Crippen LogP contribution in [0.25, 0.3) is 0 Å². The Morgan fingerprint density at radius 2 is 1.40 bits per heavy atom. The summed E-state index contributed by atoms with van der Waals surface area (Å²) >= 11 is 3.51. The predicted molar refractivity (Wildman–Crippen MR) is 68.6 cm³/mol. The van der Waals surface area contributed by atoms with Gasteiger partial charge in [0.25, 0.3) is 0 Å². The first-order valence-electron chi connectivity index (χ1n) is 5.07. The zero-order chi connectivity index (χ0) is 10.7. The van der Waals surface area contributed by atoms with Crippen molar-refractivity contribution in [1.82, 2.24) is 5.32 Å². The predicted octanol–water partition coefficient (Wildman–Crippen LogP) is 4.22. The second-order valence-electron chi connectivity index (χ2n) is 3.72. The van der Waals surface area contributed by atoms with Crippen LogP contribution >= 0.6 is 22.7 Å². The number of nitrogens with one attached hydrogen (secondary N) is 1. The smallest absolute Gasteiger partial charge is 0.0305 e. The highest BCUT2D eigenvalue weighted by Gasteiger charge is 2.11. The Balaban J connectivity index is 1.98. The minimum absolute atomic E-state index is 0.422. The van der Waals surface area contributed by atoms with Crippen molar-refractivity contribution in [3.63, 3.8) is 0 Å². The highest BCUT2D eigenvalue weighted by molar-refractivity contribution is 7.08. The molecule has 2 rings (SSSR count). The molecular weight excluding hydrogens is 222 g/mol. The molecule has 0 aliphatic rings. The van der Waals surface area contributed by atoms with Gasteiger partial charge in [0.2, 0.25) is 0 Å². The fourth-order valence-corrected chi connectivity index (χ4v) is 3.12. The lowest BCUT2D eigenvalue weighted by molar-refractivity contribution is 0.496. The molecule has 2 atom stereocenters. The van der Waals surface area contributed by atoms with Gasteiger partial charge in [-0.3, -0.25) is 0 Å². The molecule has 2 aromatic rings. The lowest BCUT2D eigenvalue weighted by Crippen LogP contribution is -2.21. The molecule has 1 N–H and O–H groups in total. The van der Waals surface area contributed by atoms with Crippen molar-refractivity contribution in [3.05, 3.63) is 44.8 Å². The van der Waals surface area contributed by atoms with Crippen LogP contribution in [-0.4, -0.2) is 0 Å². The molecule has 2 heterocycles. The maximum atomic E-state index is 3.60. The summed E-state index contributed by atoms with van der Waals surface area (Å²) in [6.45, 7) is 4.43. The van der Waals surface area contributed by atoms with Crippen LogP contribution in [0.2, 0.25) is 0 Å². The quantitative estimate of drug-likeness (QED) is 0.839. The van der Waals surface area contributed by atoms with E-state index in [9.17, 15) is 0 Å². The normalized spacial score (nSPS) is 15.1. The maximum Gasteiger partial charge on any atom is 0.0305 e. The average Bonchev–Trinajstić information content (AvgIpc) is 2.91. The van der Waals surface area contributed by atoms with Gasteiger partial charge in [0.05, 0.1) is 0 Å². The van der Waals surface area contributed by atoms with Crippen LogP contribution < -0.4 is 5.32 Å². The third kappa shape index (κ3) is 2.68. The van der Waals surface area contributed by atoms with E-state index >= 15 is 0 Å². The molecule has 15 heavy (non-hydrogen) atoms. The Kier molecular flexibility index (Phi) is 3.57. The summed E-state index contributed by atoms with van der Waals surface area (Å²) in [4.78, 5) is 0. The maximum absolute atomic E-state index is 3.60. The molecule has 0 fully saturated rings. The molecule has 2 aromatic heterocycles. The summed E-state index contributed by atoms with van der Waals surface area (Å²) in [5.74, 6) is 0. The summed E-state index contributed by atoms with van der Waals surface area (Å²) in [5, 5.41) is 12.3. The van der Waals surface area contributed by atoms with Gasteiger partial charge in [-0.2, -0.15) is 22.7 Å². The third-order valence-electron chi connectivity index (χ3n) is 2.59. The Morgan fingerprint density at radius 1 is 0.933 bits per heavy atom. The van der Waals surface area contributed by atoms with Crippen molar-refractivity contribution in [2.45, 2.75) is 25.9 Å². The molecule has 0 saturated heterocycles. The van der Waals surface area contributed by atoms with Crippen molar-refractivity contribution in [3.8, 4) is 0 Å². The average molecular weight is 237 g/mol. The van der Waals surface area contributed by atoms with E-state index in [0.717, 1.165) is 0 Å². The molecule has 0 aliphatic carbocycles. The van der Waals surface area contributed by atoms with Crippen molar-refractivity contribution in [1.29, 1.82) is 0 Å². The van der Waals surface area contributed by atoms with Crippen LogP contribution in [0.1, 0.15) is 37.1 Å². The standard InChI is InChI=1S/C12H15NS2/c1-9(11-3-5-14-7-11)13-10(2)12-4-6-15-8-12/h3-10,13H,1-2H3. The van der Waals surface area contributed by atoms with Crippen molar-refractivity contribution in [2.75, 3.05) is 0 Å². The fraction of sp³-hybridized carbons (Fsp3) is 0.333. The SMILES string of the molecule is CC(NC(C)c1ccsc1)c1ccsc1. The summed E-state index contributed by atoms with van der Waals surface area (Å²) < 4.78 is 0. The van der Waals surface area contributed by atoms with E-state index in [1.165, 1.54) is 11.1 Å². The van der Waals surface area contributed by atoms with E-state index in [1.54, 1.807) is 22.7 Å². The Labute approximate surface area is 98.8 Å². The van der Waals surface area contributed by atoms with Gasteiger partial charge in [0.15, 0.2) is 0 Å². The first kappa shape index (κ1) is 10.9. The molecule has 0 aliphatic heterocycles. The zero-order valence-electron chi connectivity index (χ0n) is 8.94. The van der Waals surface area contributed by atoms with Gasteiger partial charge in [-0.25, -0.2) is 0 Å². The molecule has 1 nitrogen and oxygen atoms in total. The van der Waals surface area contributed by atoms with E-state index in [2.05, 4.69) is 52.8 Å². The van der Waals surface area contributed by atoms with E-state index in [0.29, 0.717) is 12.1 Å². The second-order valence-corrected chi connectivity index (χ2v) is 5.28. The van der Waals surface area contributed by atoms with Gasteiger partial charge in [0, 0.05) is 12.1 Å². The minimum Gasteiger partial charge on any atom is -0.304 e. The molecule has 2 unspecified atom stereocenters. The topological polar surface area (TPSA) is 12.0 Å². The highest BCUT2D eigenvalue weighted by atomic mass is 32.1. The largest absolute Gasteiger partial charge is 0.304 e. The van der Waals surface area contributed by atoms with E-state index in [4.69, 9.17) is 0 Å². The van der Waals surface area contributed by atoms with Gasteiger partial charge in [-0.1, -0.05) is 0 Å². The monoisotopic (exact) mass is 237 g/mol. The van der Waals surface area contributed by atoms with Crippen LogP contribution in [0.5, 0.6) is 0 Å². The van der Waals surface area contributed by atoms with Crippen molar-refractivity contribution in [2.24, 2.45) is 0 Å². The summed E-state index contributed by atoms with van der Waals surface area (Å²) in [5.41, 5.74) is 2.75. The zero-order valence-corrected chi connectivity index (χ0v) is 10.6. The lowest BCUT2D eigenvalue weighted by atomic mass is 10.1. The lowest BCUT2D eigenvalue weighted by Gasteiger charge is -2.18. The molecule has 0 aromatic carbocycles. The van der Waals surface area contributed by atoms with Crippen LogP contribution in [0.4, 0.5) is 0 Å². The molecule has 0 saturated carbocycles. The first-order valence-corrected chi connectivity index (χ1v) is 6.96. The van der Waals surface area contributed by atoms with Gasteiger partial charge in [-0.05, 0) is 58.6 Å². The van der Waals surface area contributed by atoms with E-state index in [-0.39, 0.29) is 0 Å². The van der Waals surface area contributed by atoms with Crippen LogP contribution in [-0.2, 0) is 0 Å². The number of thiophene rings is 2. The molecule has 0 bridgehead atoms. The summed E-state index contributed by atoms with van der Waals surface area (Å²) in [6.07, 6.45) is 0. The Bertz CT molecular complexity index is 339. The first-order chi connectivity index (χ1) is 7.27. The number of hydrogen-bond acceptors (Lipinski definition) is 3. The Hall–Kier alpha value is -0.640. The van der Waals surface area contributed by atoms with Gasteiger partial charge < -0.3 is 5.32 Å². The van der Waals surface area contributed by atoms with Gasteiger partial charge in [0.1, 0.15) is 0 Å². The third-order valence-corrected chi connectivity index (χ3v) is 3.99. The van der Waals surface area contributed by atoms with Crippen LogP contribution in [0, 0.1) is 0 Å². The van der Waals surface area contributed by atoms with Crippen LogP contribution in [0.15, 0.2) is 33.7 Å². The van der Waals surface area contributed by atoms with Gasteiger partial charge in [-0.15, -0.1) is 0 Å². The molecule has 0 amide bonds. The van der Waals surface area contributed by atoms with Crippen LogP contribution in [0.3, 0.4) is 0 Å². The molecule has 0 radical (unpaired) electrons. The number of hydrogen-bond donors (Lipinski definition) is 1. The molecular formula is C12H15NS2. The molecule has 80 valence electrons. The van der Waals surface area contributed by atoms with Crippen molar-refractivity contribution < 1.29 is 0 Å². The van der Waals surface area contributed by atoms with Gasteiger partial charge >= 0.3 is 0 Å². The van der Waals surface area contributed by atoms with E-state index in [1.807, 2.05) is 0 Å². The summed E-state index contributed by atoms with van der Waals surface area (Å²) in [7, 11) is 0. The Morgan fingerprint density at radius 3 is 1.73 bits per heavy atom. The van der Waals surface area contributed by atoms with Crippen molar-refractivity contribution >= 4 is 22.7 Å². The highest BCUT2D eigenvalue weighted by Crippen LogP contribution is 2.22. The molecule has 3 heteroatoms.